The van der Waals surface area contributed by atoms with E-state index in [1.807, 2.05) is 63.1 Å². The highest BCUT2D eigenvalue weighted by molar-refractivity contribution is 5.93. The number of amides is 4. The van der Waals surface area contributed by atoms with E-state index in [0.717, 1.165) is 62.4 Å². The van der Waals surface area contributed by atoms with Crippen LogP contribution in [0.1, 0.15) is 77.3 Å². The molecule has 7 rings (SSSR count). The number of benzene rings is 2. The minimum atomic E-state index is -0.875. The van der Waals surface area contributed by atoms with Crippen molar-refractivity contribution in [3.63, 3.8) is 0 Å². The van der Waals surface area contributed by atoms with Crippen molar-refractivity contribution >= 4 is 35.1 Å². The van der Waals surface area contributed by atoms with Crippen molar-refractivity contribution in [1.82, 2.24) is 40.4 Å². The van der Waals surface area contributed by atoms with Crippen LogP contribution >= 0.6 is 0 Å². The number of carbonyl (C=O) groups excluding carboxylic acids is 4. The van der Waals surface area contributed by atoms with Crippen molar-refractivity contribution in [1.29, 1.82) is 0 Å². The molecule has 1 aromatic heterocycles. The van der Waals surface area contributed by atoms with Gasteiger partial charge in [-0.3, -0.25) is 29.0 Å². The van der Waals surface area contributed by atoms with E-state index in [1.165, 1.54) is 4.90 Å². The fraction of sp³-hybridized carbons (Fsp3) is 0.560. The molecule has 4 aliphatic rings. The van der Waals surface area contributed by atoms with Crippen molar-refractivity contribution in [3.05, 3.63) is 65.7 Å². The Bertz CT molecular complexity index is 2230. The fourth-order valence-corrected chi connectivity index (χ4v) is 10.1. The number of phenolic OH excluding ortho intramolecular Hbond substituents is 1. The number of aliphatic hydroxyl groups excluding tert-OH is 1. The fourth-order valence-electron chi connectivity index (χ4n) is 10.1. The number of nitrogens with one attached hydrogen (secondary N) is 3. The zero-order valence-corrected chi connectivity index (χ0v) is 39.2. The number of aromatic nitrogens is 2. The van der Waals surface area contributed by atoms with Gasteiger partial charge in [0.15, 0.2) is 5.82 Å². The normalized spacial score (nSPS) is 23.5. The summed E-state index contributed by atoms with van der Waals surface area (Å²) in [5, 5.41) is 39.0. The van der Waals surface area contributed by atoms with Crippen LogP contribution in [-0.4, -0.2) is 160 Å². The van der Waals surface area contributed by atoms with Gasteiger partial charge in [-0.05, 0) is 73.9 Å². The molecule has 1 saturated carbocycles. The first-order chi connectivity index (χ1) is 31.6. The summed E-state index contributed by atoms with van der Waals surface area (Å²) < 4.78 is 0. The summed E-state index contributed by atoms with van der Waals surface area (Å²) in [6, 6.07) is 15.2. The number of likely N-dealkylation sites (tertiary alicyclic amines) is 1. The van der Waals surface area contributed by atoms with Crippen LogP contribution in [0.4, 0.5) is 11.5 Å². The van der Waals surface area contributed by atoms with Crippen molar-refractivity contribution in [2.45, 2.75) is 103 Å². The minimum Gasteiger partial charge on any atom is -0.507 e. The largest absolute Gasteiger partial charge is 0.507 e. The van der Waals surface area contributed by atoms with Gasteiger partial charge in [0, 0.05) is 114 Å². The lowest BCUT2D eigenvalue weighted by Crippen LogP contribution is -2.58. The monoisotopic (exact) mass is 905 g/mol. The number of anilines is 2. The quantitative estimate of drug-likeness (QED) is 0.158. The zero-order valence-electron chi connectivity index (χ0n) is 39.2. The molecule has 16 nitrogen and oxygen atoms in total. The molecule has 5 N–H and O–H groups in total. The predicted molar refractivity (Wildman–Crippen MR) is 254 cm³/mol. The van der Waals surface area contributed by atoms with Crippen LogP contribution in [-0.2, 0) is 25.7 Å². The molecule has 1 aliphatic carbocycles. The summed E-state index contributed by atoms with van der Waals surface area (Å²) in [6.07, 6.45) is 8.33. The average molecular weight is 905 g/mol. The lowest BCUT2D eigenvalue weighted by molar-refractivity contribution is -0.144. The highest BCUT2D eigenvalue weighted by Crippen LogP contribution is 2.35. The Kier molecular flexibility index (Phi) is 15.5. The van der Waals surface area contributed by atoms with Crippen LogP contribution in [0.3, 0.4) is 0 Å². The Morgan fingerprint density at radius 2 is 1.62 bits per heavy atom. The van der Waals surface area contributed by atoms with Gasteiger partial charge < -0.3 is 40.9 Å². The first-order valence-corrected chi connectivity index (χ1v) is 23.6. The number of β-amino-alcohol motifs (C(OH)–C–C–N with tert-alkyl or cyclic N) is 1. The summed E-state index contributed by atoms with van der Waals surface area (Å²) in [7, 11) is 1.83. The van der Waals surface area contributed by atoms with Gasteiger partial charge in [0.25, 0.3) is 0 Å². The van der Waals surface area contributed by atoms with Gasteiger partial charge in [-0.25, -0.2) is 0 Å². The van der Waals surface area contributed by atoms with E-state index in [-0.39, 0.29) is 60.8 Å². The molecule has 4 heterocycles. The van der Waals surface area contributed by atoms with Crippen molar-refractivity contribution in [3.8, 4) is 29.4 Å². The molecule has 2 aromatic carbocycles. The maximum Gasteiger partial charge on any atom is 0.246 e. The Labute approximate surface area is 389 Å². The zero-order chi connectivity index (χ0) is 47.1. The molecular formula is C50H68N10O6. The lowest BCUT2D eigenvalue weighted by atomic mass is 9.82. The number of aliphatic hydroxyl groups is 1. The third-order valence-electron chi connectivity index (χ3n) is 14.0. The van der Waals surface area contributed by atoms with Crippen molar-refractivity contribution in [2.24, 2.45) is 11.3 Å². The molecule has 4 amide bonds. The number of carbonyl (C=O) groups is 4. The van der Waals surface area contributed by atoms with Gasteiger partial charge >= 0.3 is 0 Å². The number of rotatable bonds is 13. The predicted octanol–water partition coefficient (Wildman–Crippen LogP) is 3.28. The highest BCUT2D eigenvalue weighted by atomic mass is 16.3. The summed E-state index contributed by atoms with van der Waals surface area (Å²) in [5.74, 6) is 2.49. The Morgan fingerprint density at radius 1 is 0.909 bits per heavy atom. The number of nitrogens with zero attached hydrogens (tertiary/aromatic N) is 7. The van der Waals surface area contributed by atoms with Gasteiger partial charge in [0.1, 0.15) is 17.8 Å². The Morgan fingerprint density at radius 3 is 2.27 bits per heavy atom. The van der Waals surface area contributed by atoms with Crippen LogP contribution < -0.4 is 20.9 Å². The van der Waals surface area contributed by atoms with E-state index in [4.69, 9.17) is 6.42 Å². The van der Waals surface area contributed by atoms with E-state index in [9.17, 15) is 29.4 Å². The summed E-state index contributed by atoms with van der Waals surface area (Å²) in [5.41, 5.74) is 3.14. The topological polar surface area (TPSA) is 187 Å². The number of piperazine rings is 2. The van der Waals surface area contributed by atoms with E-state index in [1.54, 1.807) is 24.3 Å². The maximum absolute atomic E-state index is 14.2. The molecule has 3 aliphatic heterocycles. The van der Waals surface area contributed by atoms with E-state index < -0.39 is 23.6 Å². The second-order valence-corrected chi connectivity index (χ2v) is 19.5. The van der Waals surface area contributed by atoms with Crippen LogP contribution in [0, 0.1) is 23.7 Å². The molecule has 0 unspecified atom stereocenters. The molecule has 354 valence electrons. The smallest absolute Gasteiger partial charge is 0.246 e. The second-order valence-electron chi connectivity index (χ2n) is 19.5. The molecule has 66 heavy (non-hydrogen) atoms. The van der Waals surface area contributed by atoms with Crippen LogP contribution in [0.15, 0.2) is 54.6 Å². The third kappa shape index (κ3) is 11.4. The first kappa shape index (κ1) is 48.2. The van der Waals surface area contributed by atoms with Crippen LogP contribution in [0.25, 0.3) is 11.3 Å². The third-order valence-corrected chi connectivity index (χ3v) is 14.0. The Hall–Kier alpha value is -5.76. The van der Waals surface area contributed by atoms with Gasteiger partial charge in [0.2, 0.25) is 23.6 Å². The molecule has 16 heteroatoms. The number of aromatic hydroxyl groups is 1. The molecule has 4 atom stereocenters. The van der Waals surface area contributed by atoms with Gasteiger partial charge in [0.05, 0.1) is 17.5 Å². The average Bonchev–Trinajstić information content (AvgIpc) is 3.73. The second kappa shape index (κ2) is 21.3. The number of phenols is 1. The van der Waals surface area contributed by atoms with Gasteiger partial charge in [-0.1, -0.05) is 51.0 Å². The SMILES string of the molecule is C#Cc1ccc(CNC(=O)[C@@H]2C[C@@H](O)CN2C(=O)[C@@H](NC(=O)[C@H]2CC[C@@H](N3CCN(C(=O)CCN4CCN(c5cc(-c6ccccc6O)nnc5NC)[C@@H](C)C4)CC3)CC2)C(C)(C)C)cc1. The van der Waals surface area contributed by atoms with Crippen LogP contribution in [0.2, 0.25) is 0 Å². The highest BCUT2D eigenvalue weighted by Gasteiger charge is 2.45. The van der Waals surface area contributed by atoms with E-state index in [0.29, 0.717) is 62.0 Å². The number of para-hydroxylation sites is 1. The number of hydrogen-bond donors (Lipinski definition) is 5. The lowest BCUT2D eigenvalue weighted by Gasteiger charge is -2.43. The number of terminal acetylenes is 1. The molecule has 3 aromatic rings. The summed E-state index contributed by atoms with van der Waals surface area (Å²) in [4.78, 5) is 65.4. The standard InChI is InChI=1S/C50H68N10O6/c1-7-34-12-14-35(15-13-34)30-52-48(65)42-28-38(61)32-60(42)49(66)45(50(3,4)5)53-47(64)36-16-18-37(19-17-36)57-23-25-58(26-24-57)44(63)20-21-56-22-27-59(33(2)31-56)41-29-40(54-55-46(41)51-6)39-10-8-9-11-43(39)62/h1,8-15,29,33,36-38,42,45,61-62H,16-28,30-32H2,2-6H3,(H,51,55)(H,52,65)(H,53,64)/t33-,36-,37+,38+,42-,45+/m0/s1. The van der Waals surface area contributed by atoms with Crippen molar-refractivity contribution < 1.29 is 29.4 Å². The molecule has 0 radical (unpaired) electrons. The van der Waals surface area contributed by atoms with Crippen LogP contribution in [0.5, 0.6) is 5.75 Å². The Balaban J connectivity index is 0.839. The van der Waals surface area contributed by atoms with Gasteiger partial charge in [-0.15, -0.1) is 16.6 Å². The molecule has 3 saturated heterocycles. The van der Waals surface area contributed by atoms with E-state index >= 15 is 0 Å². The van der Waals surface area contributed by atoms with E-state index in [2.05, 4.69) is 53.7 Å². The minimum absolute atomic E-state index is 0.0196. The number of hydrogen-bond acceptors (Lipinski definition) is 12. The molecule has 4 fully saturated rings. The van der Waals surface area contributed by atoms with Gasteiger partial charge in [-0.2, -0.15) is 0 Å². The first-order valence-electron chi connectivity index (χ1n) is 23.6. The summed E-state index contributed by atoms with van der Waals surface area (Å²) in [6.45, 7) is 14.2. The maximum atomic E-state index is 14.2. The van der Waals surface area contributed by atoms with Crippen molar-refractivity contribution in [2.75, 3.05) is 76.2 Å². The summed E-state index contributed by atoms with van der Waals surface area (Å²) >= 11 is 0. The molecule has 0 bridgehead atoms. The molecular weight excluding hydrogens is 837 g/mol. The molecule has 0 spiro atoms.